The standard InChI is InChI=1S/C78H86N16O8/c1-87(47-21-7-9-23-49-89(67(95)51-91-63-37-15-11-33-59(63)83-75(99)55-29-25-41-79-71(55)91)68(96)52-92-64-38-16-12-34-60(64)84-76(100)56-30-26-42-80-72(56)92)45-19-5-3-4-6-20-46-88(2)48-22-8-10-24-50-90(69(97)53-93-65-39-17-13-35-61(65)85-77(101)57-31-27-43-81-73(57)93)70(98)54-94-66-40-18-14-36-62(66)86-78(102)58-32-28-44-82-74(58)94/h11-18,25-44H,3-10,19-24,45-54H2,1-2H3,(H,83,99)(H,84,100)(H,85,101)(H,86,102). The van der Waals surface area contributed by atoms with Crippen molar-refractivity contribution in [3.05, 3.63) is 193 Å². The number of rotatable bonds is 31. The van der Waals surface area contributed by atoms with Gasteiger partial charge >= 0.3 is 0 Å². The number of hydrogen-bond acceptors (Lipinski definition) is 18. The average molecular weight is 1380 g/mol. The van der Waals surface area contributed by atoms with Crippen LogP contribution in [-0.4, -0.2) is 166 Å². The van der Waals surface area contributed by atoms with Gasteiger partial charge in [0, 0.05) is 37.9 Å². The monoisotopic (exact) mass is 1370 g/mol. The van der Waals surface area contributed by atoms with Crippen molar-refractivity contribution in [2.75, 3.05) is 120 Å². The fourth-order valence-corrected chi connectivity index (χ4v) is 13.6. The molecule has 4 aromatic carbocycles. The van der Waals surface area contributed by atoms with Crippen molar-refractivity contribution in [3.63, 3.8) is 0 Å². The third-order valence-corrected chi connectivity index (χ3v) is 19.0. The number of unbranched alkanes of at least 4 members (excludes halogenated alkanes) is 11. The molecule has 0 atom stereocenters. The highest BCUT2D eigenvalue weighted by atomic mass is 16.2. The molecule has 24 heteroatoms. The number of carbonyl (C=O) groups excluding carboxylic acids is 8. The Balaban J connectivity index is 0.571. The Labute approximate surface area is 594 Å². The van der Waals surface area contributed by atoms with Gasteiger partial charge in [-0.15, -0.1) is 0 Å². The molecule has 4 aromatic heterocycles. The summed E-state index contributed by atoms with van der Waals surface area (Å²) in [7, 11) is 4.33. The number of fused-ring (bicyclic) bond motifs is 8. The molecular formula is C78H86N16O8. The summed E-state index contributed by atoms with van der Waals surface area (Å²) in [6.45, 7) is 3.14. The van der Waals surface area contributed by atoms with E-state index in [4.69, 9.17) is 0 Å². The minimum Gasteiger partial charge on any atom is -0.320 e. The predicted octanol–water partition coefficient (Wildman–Crippen LogP) is 12.2. The van der Waals surface area contributed by atoms with E-state index in [1.807, 2.05) is 48.5 Å². The van der Waals surface area contributed by atoms with Gasteiger partial charge < -0.3 is 50.7 Å². The Hall–Kier alpha value is -11.2. The van der Waals surface area contributed by atoms with E-state index in [0.29, 0.717) is 104 Å². The summed E-state index contributed by atoms with van der Waals surface area (Å²) < 4.78 is 0. The van der Waals surface area contributed by atoms with Gasteiger partial charge in [0.2, 0.25) is 23.6 Å². The number of amides is 8. The summed E-state index contributed by atoms with van der Waals surface area (Å²) in [6.07, 6.45) is 19.7. The van der Waals surface area contributed by atoms with Gasteiger partial charge in [-0.2, -0.15) is 0 Å². The van der Waals surface area contributed by atoms with Gasteiger partial charge in [0.25, 0.3) is 23.6 Å². The van der Waals surface area contributed by atoms with E-state index in [2.05, 4.69) is 65.1 Å². The number of para-hydroxylation sites is 8. The zero-order chi connectivity index (χ0) is 70.9. The highest BCUT2D eigenvalue weighted by Gasteiger charge is 2.37. The van der Waals surface area contributed by atoms with Crippen molar-refractivity contribution in [2.45, 2.75) is 89.9 Å². The number of anilines is 12. The zero-order valence-corrected chi connectivity index (χ0v) is 57.8. The first-order valence-corrected chi connectivity index (χ1v) is 35.3. The van der Waals surface area contributed by atoms with Crippen LogP contribution in [0, 0.1) is 0 Å². The molecule has 8 aromatic rings. The Morgan fingerprint density at radius 1 is 0.294 bits per heavy atom. The molecule has 526 valence electrons. The maximum atomic E-state index is 14.8. The molecule has 102 heavy (non-hydrogen) atoms. The third kappa shape index (κ3) is 16.8. The van der Waals surface area contributed by atoms with Crippen molar-refractivity contribution in [2.24, 2.45) is 0 Å². The number of pyridine rings is 4. The molecule has 4 aliphatic heterocycles. The normalized spacial score (nSPS) is 13.4. The molecule has 0 bridgehead atoms. The maximum absolute atomic E-state index is 14.8. The molecule has 24 nitrogen and oxygen atoms in total. The first-order chi connectivity index (χ1) is 49.8. The summed E-state index contributed by atoms with van der Waals surface area (Å²) in [5.41, 5.74) is 5.55. The van der Waals surface area contributed by atoms with Crippen LogP contribution >= 0.6 is 0 Å². The number of aromatic nitrogens is 4. The van der Waals surface area contributed by atoms with Gasteiger partial charge in [-0.1, -0.05) is 99.9 Å². The van der Waals surface area contributed by atoms with Crippen LogP contribution in [0.4, 0.5) is 68.8 Å². The van der Waals surface area contributed by atoms with Crippen molar-refractivity contribution < 1.29 is 38.4 Å². The van der Waals surface area contributed by atoms with Crippen LogP contribution in [0.2, 0.25) is 0 Å². The lowest BCUT2D eigenvalue weighted by atomic mass is 10.1. The summed E-state index contributed by atoms with van der Waals surface area (Å²) in [5.74, 6) is -2.04. The summed E-state index contributed by atoms with van der Waals surface area (Å²) in [4.78, 5) is 145. The predicted molar refractivity (Wildman–Crippen MR) is 396 cm³/mol. The van der Waals surface area contributed by atoms with E-state index in [0.717, 1.165) is 90.4 Å². The van der Waals surface area contributed by atoms with Crippen molar-refractivity contribution >= 4 is 116 Å². The zero-order valence-electron chi connectivity index (χ0n) is 57.8. The number of benzene rings is 4. The number of nitrogens with one attached hydrogen (secondary N) is 4. The van der Waals surface area contributed by atoms with Crippen LogP contribution in [0.25, 0.3) is 0 Å². The second kappa shape index (κ2) is 33.7. The van der Waals surface area contributed by atoms with Crippen LogP contribution in [0.5, 0.6) is 0 Å². The van der Waals surface area contributed by atoms with Crippen LogP contribution < -0.4 is 40.9 Å². The lowest BCUT2D eigenvalue weighted by Gasteiger charge is -2.30. The second-order valence-corrected chi connectivity index (χ2v) is 26.2. The molecular weight excluding hydrogens is 1290 g/mol. The molecule has 0 unspecified atom stereocenters. The van der Waals surface area contributed by atoms with Crippen LogP contribution in [-0.2, 0) is 19.2 Å². The van der Waals surface area contributed by atoms with Crippen LogP contribution in [0.15, 0.2) is 170 Å². The van der Waals surface area contributed by atoms with Crippen molar-refractivity contribution in [3.8, 4) is 0 Å². The molecule has 0 fully saturated rings. The first-order valence-electron chi connectivity index (χ1n) is 35.3. The summed E-state index contributed by atoms with van der Waals surface area (Å²) in [6, 6.07) is 42.2. The molecule has 4 aliphatic rings. The molecule has 8 heterocycles. The van der Waals surface area contributed by atoms with E-state index in [9.17, 15) is 38.4 Å². The third-order valence-electron chi connectivity index (χ3n) is 19.0. The van der Waals surface area contributed by atoms with Gasteiger partial charge in [-0.3, -0.25) is 48.2 Å². The largest absolute Gasteiger partial charge is 0.320 e. The van der Waals surface area contributed by atoms with Crippen LogP contribution in [0.3, 0.4) is 0 Å². The van der Waals surface area contributed by atoms with Crippen molar-refractivity contribution in [1.29, 1.82) is 0 Å². The van der Waals surface area contributed by atoms with Gasteiger partial charge in [0.05, 0.1) is 67.8 Å². The Morgan fingerprint density at radius 2 is 0.510 bits per heavy atom. The second-order valence-electron chi connectivity index (χ2n) is 26.2. The van der Waals surface area contributed by atoms with Gasteiger partial charge in [-0.25, -0.2) is 19.9 Å². The van der Waals surface area contributed by atoms with Crippen molar-refractivity contribution in [1.82, 2.24) is 39.5 Å². The van der Waals surface area contributed by atoms with E-state index in [1.54, 1.807) is 141 Å². The minimum atomic E-state index is -0.461. The Morgan fingerprint density at radius 3 is 0.755 bits per heavy atom. The number of carbonyl (C=O) groups is 8. The van der Waals surface area contributed by atoms with E-state index in [-0.39, 0.29) is 62.9 Å². The van der Waals surface area contributed by atoms with Gasteiger partial charge in [0.1, 0.15) is 49.5 Å². The molecule has 0 saturated heterocycles. The van der Waals surface area contributed by atoms with Crippen LogP contribution in [0.1, 0.15) is 131 Å². The first kappa shape index (κ1) is 70.6. The smallest absolute Gasteiger partial charge is 0.259 e. The Bertz CT molecular complexity index is 3860. The number of hydrogen-bond donors (Lipinski definition) is 4. The molecule has 12 rings (SSSR count). The fraction of sp³-hybridized carbons (Fsp3) is 0.333. The number of nitrogens with zero attached hydrogens (tertiary/aromatic N) is 12. The molecule has 0 saturated carbocycles. The summed E-state index contributed by atoms with van der Waals surface area (Å²) in [5, 5.41) is 11.8. The van der Waals surface area contributed by atoms with E-state index < -0.39 is 23.6 Å². The average Bonchev–Trinajstić information content (AvgIpc) is 1.08. The lowest BCUT2D eigenvalue weighted by Crippen LogP contribution is -2.47. The Kier molecular flexibility index (Phi) is 23.4. The summed E-state index contributed by atoms with van der Waals surface area (Å²) >= 11 is 0. The van der Waals surface area contributed by atoms with Gasteiger partial charge in [0.15, 0.2) is 0 Å². The highest BCUT2D eigenvalue weighted by Crippen LogP contribution is 2.41. The van der Waals surface area contributed by atoms with Gasteiger partial charge in [-0.05, 0) is 176 Å². The topological polar surface area (TPSA) is 262 Å². The molecule has 4 N–H and O–H groups in total. The van der Waals surface area contributed by atoms with E-state index in [1.165, 1.54) is 22.6 Å². The molecule has 8 amide bonds. The highest BCUT2D eigenvalue weighted by molar-refractivity contribution is 6.16. The van der Waals surface area contributed by atoms with E-state index >= 15 is 0 Å². The fourth-order valence-electron chi connectivity index (χ4n) is 13.6. The lowest BCUT2D eigenvalue weighted by molar-refractivity contribution is -0.144. The molecule has 0 radical (unpaired) electrons. The molecule has 0 aliphatic carbocycles. The minimum absolute atomic E-state index is 0.166. The maximum Gasteiger partial charge on any atom is 0.259 e. The quantitative estimate of drug-likeness (QED) is 0.0294. The molecule has 0 spiro atoms. The SMILES string of the molecule is CN(CCCCCCCCN(C)CCCCCCN(C(=O)CN1c2ccccc2NC(=O)c2cccnc21)C(=O)CN1c2ccccc2NC(=O)c2cccnc21)CCCCCCN(C(=O)CN1c2ccccc2NC(=O)c2cccnc21)C(=O)CN1c2ccccc2NC(=O)c2cccnc21. The number of imide groups is 2.